The maximum absolute atomic E-state index is 13.1. The van der Waals surface area contributed by atoms with E-state index >= 15 is 0 Å². The van der Waals surface area contributed by atoms with Gasteiger partial charge < -0.3 is 9.84 Å². The van der Waals surface area contributed by atoms with Crippen LogP contribution >= 0.6 is 0 Å². The number of carbonyl (C=O) groups is 1. The Hall–Kier alpha value is -1.72. The molecule has 1 aromatic rings. The maximum Gasteiger partial charge on any atom is 0.434 e. The van der Waals surface area contributed by atoms with Gasteiger partial charge in [0.2, 0.25) is 10.0 Å². The second-order valence-corrected chi connectivity index (χ2v) is 8.03. The summed E-state index contributed by atoms with van der Waals surface area (Å²) < 4.78 is 70.9. The lowest BCUT2D eigenvalue weighted by Crippen LogP contribution is -2.45. The number of pyridine rings is 1. The molecule has 2 fully saturated rings. The SMILES string of the molecule is O=C(O)[C@]12CCOC[C@H]1CN(S(=O)(=O)c1cccnc1C(F)(F)F)C2. The van der Waals surface area contributed by atoms with Gasteiger partial charge in [-0.15, -0.1) is 0 Å². The number of aliphatic carboxylic acids is 1. The maximum atomic E-state index is 13.1. The number of rotatable bonds is 3. The number of carboxylic acid groups (broad SMARTS) is 1. The third kappa shape index (κ3) is 2.89. The average molecular weight is 380 g/mol. The molecular formula is C14H15F3N2O5S. The van der Waals surface area contributed by atoms with Gasteiger partial charge in [-0.25, -0.2) is 8.42 Å². The smallest absolute Gasteiger partial charge is 0.434 e. The van der Waals surface area contributed by atoms with Crippen LogP contribution in [-0.2, 0) is 25.7 Å². The van der Waals surface area contributed by atoms with Gasteiger partial charge in [0.05, 0.1) is 12.0 Å². The van der Waals surface area contributed by atoms with E-state index in [1.54, 1.807) is 0 Å². The van der Waals surface area contributed by atoms with E-state index in [0.29, 0.717) is 0 Å². The van der Waals surface area contributed by atoms with Gasteiger partial charge >= 0.3 is 12.1 Å². The van der Waals surface area contributed by atoms with Crippen LogP contribution in [0.2, 0.25) is 0 Å². The second kappa shape index (κ2) is 5.92. The quantitative estimate of drug-likeness (QED) is 0.847. The molecular weight excluding hydrogens is 365 g/mol. The van der Waals surface area contributed by atoms with E-state index < -0.39 is 44.1 Å². The molecule has 1 aromatic heterocycles. The first-order chi connectivity index (χ1) is 11.6. The van der Waals surface area contributed by atoms with E-state index in [-0.39, 0.29) is 32.7 Å². The van der Waals surface area contributed by atoms with Crippen molar-refractivity contribution in [3.05, 3.63) is 24.0 Å². The van der Waals surface area contributed by atoms with Crippen LogP contribution in [-0.4, -0.2) is 55.1 Å². The Kier molecular flexibility index (Phi) is 4.28. The van der Waals surface area contributed by atoms with Gasteiger partial charge in [-0.2, -0.15) is 17.5 Å². The zero-order valence-corrected chi connectivity index (χ0v) is 13.7. The molecule has 7 nitrogen and oxygen atoms in total. The van der Waals surface area contributed by atoms with Gasteiger partial charge in [0, 0.05) is 31.8 Å². The summed E-state index contributed by atoms with van der Waals surface area (Å²) in [6.45, 7) is -0.374. The topological polar surface area (TPSA) is 96.8 Å². The van der Waals surface area contributed by atoms with Gasteiger partial charge in [-0.3, -0.25) is 9.78 Å². The zero-order chi connectivity index (χ0) is 18.5. The van der Waals surface area contributed by atoms with Crippen LogP contribution in [0.4, 0.5) is 13.2 Å². The Morgan fingerprint density at radius 3 is 2.76 bits per heavy atom. The molecule has 0 unspecified atom stereocenters. The van der Waals surface area contributed by atoms with Crippen LogP contribution in [0.25, 0.3) is 0 Å². The fraction of sp³-hybridized carbons (Fsp3) is 0.571. The predicted octanol–water partition coefficient (Wildman–Crippen LogP) is 1.21. The van der Waals surface area contributed by atoms with E-state index in [0.717, 1.165) is 22.6 Å². The Balaban J connectivity index is 2.02. The molecule has 0 bridgehead atoms. The summed E-state index contributed by atoms with van der Waals surface area (Å²) in [5.41, 5.74) is -2.85. The van der Waals surface area contributed by atoms with Crippen LogP contribution in [0.3, 0.4) is 0 Å². The van der Waals surface area contributed by atoms with Crippen LogP contribution in [0, 0.1) is 11.3 Å². The molecule has 2 saturated heterocycles. The molecule has 25 heavy (non-hydrogen) atoms. The van der Waals surface area contributed by atoms with Crippen molar-refractivity contribution in [1.29, 1.82) is 0 Å². The van der Waals surface area contributed by atoms with Gasteiger partial charge in [-0.05, 0) is 18.6 Å². The van der Waals surface area contributed by atoms with Crippen LogP contribution < -0.4 is 0 Å². The van der Waals surface area contributed by atoms with Crippen molar-refractivity contribution < 1.29 is 36.2 Å². The number of ether oxygens (including phenoxy) is 1. The number of carboxylic acids is 1. The highest BCUT2D eigenvalue weighted by atomic mass is 32.2. The molecule has 2 aliphatic heterocycles. The van der Waals surface area contributed by atoms with E-state index in [1.165, 1.54) is 0 Å². The van der Waals surface area contributed by atoms with Crippen LogP contribution in [0.5, 0.6) is 0 Å². The summed E-state index contributed by atoms with van der Waals surface area (Å²) in [7, 11) is -4.55. The minimum Gasteiger partial charge on any atom is -0.481 e. The Morgan fingerprint density at radius 1 is 1.44 bits per heavy atom. The fourth-order valence-corrected chi connectivity index (χ4v) is 5.11. The van der Waals surface area contributed by atoms with Gasteiger partial charge in [0.25, 0.3) is 0 Å². The largest absolute Gasteiger partial charge is 0.481 e. The minimum atomic E-state index is -4.94. The number of aromatic nitrogens is 1. The molecule has 11 heteroatoms. The standard InChI is InChI=1S/C14H15F3N2O5S/c15-14(16,17)11-10(2-1-4-18-11)25(22,23)19-6-9-7-24-5-3-13(9,8-19)12(20)21/h1-2,4,9H,3,5-8H2,(H,20,21)/t9-,13+/m1/s1. The molecule has 0 saturated carbocycles. The molecule has 1 N–H and O–H groups in total. The molecule has 2 aliphatic rings. The van der Waals surface area contributed by atoms with Gasteiger partial charge in [0.1, 0.15) is 4.90 Å². The van der Waals surface area contributed by atoms with Crippen molar-refractivity contribution in [3.63, 3.8) is 0 Å². The number of hydrogen-bond acceptors (Lipinski definition) is 5. The lowest BCUT2D eigenvalue weighted by Gasteiger charge is -2.34. The van der Waals surface area contributed by atoms with E-state index in [1.807, 2.05) is 0 Å². The summed E-state index contributed by atoms with van der Waals surface area (Å²) in [6.07, 6.45) is -3.97. The van der Waals surface area contributed by atoms with Crippen molar-refractivity contribution >= 4 is 16.0 Å². The van der Waals surface area contributed by atoms with Crippen molar-refractivity contribution in [3.8, 4) is 0 Å². The second-order valence-electron chi connectivity index (χ2n) is 6.13. The summed E-state index contributed by atoms with van der Waals surface area (Å²) in [6, 6.07) is 1.93. The van der Waals surface area contributed by atoms with Crippen molar-refractivity contribution in [2.24, 2.45) is 11.3 Å². The minimum absolute atomic E-state index is 0.0531. The molecule has 0 aliphatic carbocycles. The fourth-order valence-electron chi connectivity index (χ4n) is 3.39. The van der Waals surface area contributed by atoms with E-state index in [2.05, 4.69) is 4.98 Å². The summed E-state index contributed by atoms with van der Waals surface area (Å²) in [5.74, 6) is -1.78. The first-order valence-corrected chi connectivity index (χ1v) is 8.86. The van der Waals surface area contributed by atoms with Crippen LogP contribution in [0.1, 0.15) is 12.1 Å². The Morgan fingerprint density at radius 2 is 2.16 bits per heavy atom. The predicted molar refractivity (Wildman–Crippen MR) is 77.0 cm³/mol. The highest BCUT2D eigenvalue weighted by molar-refractivity contribution is 7.89. The lowest BCUT2D eigenvalue weighted by molar-refractivity contribution is -0.157. The first-order valence-electron chi connectivity index (χ1n) is 7.42. The normalized spacial score (nSPS) is 27.9. The average Bonchev–Trinajstić information content (AvgIpc) is 2.96. The zero-order valence-electron chi connectivity index (χ0n) is 12.9. The molecule has 0 amide bonds. The Labute approximate surface area is 141 Å². The monoisotopic (exact) mass is 380 g/mol. The van der Waals surface area contributed by atoms with Crippen molar-refractivity contribution in [2.75, 3.05) is 26.3 Å². The molecule has 3 rings (SSSR count). The number of halogens is 3. The number of hydrogen-bond donors (Lipinski definition) is 1. The number of sulfonamides is 1. The summed E-state index contributed by atoms with van der Waals surface area (Å²) in [5, 5.41) is 9.57. The highest BCUT2D eigenvalue weighted by Gasteiger charge is 2.57. The van der Waals surface area contributed by atoms with Crippen molar-refractivity contribution in [1.82, 2.24) is 9.29 Å². The van der Waals surface area contributed by atoms with E-state index in [4.69, 9.17) is 4.74 Å². The highest BCUT2D eigenvalue weighted by Crippen LogP contribution is 2.45. The van der Waals surface area contributed by atoms with Gasteiger partial charge in [-0.1, -0.05) is 0 Å². The third-order valence-corrected chi connectivity index (χ3v) is 6.60. The van der Waals surface area contributed by atoms with Crippen molar-refractivity contribution in [2.45, 2.75) is 17.5 Å². The lowest BCUT2D eigenvalue weighted by atomic mass is 9.74. The molecule has 138 valence electrons. The summed E-state index contributed by atoms with van der Waals surface area (Å²) >= 11 is 0. The summed E-state index contributed by atoms with van der Waals surface area (Å²) in [4.78, 5) is 13.9. The molecule has 0 radical (unpaired) electrons. The molecule has 2 atom stereocenters. The molecule has 0 aromatic carbocycles. The van der Waals surface area contributed by atoms with E-state index in [9.17, 15) is 31.5 Å². The van der Waals surface area contributed by atoms with Gasteiger partial charge in [0.15, 0.2) is 5.69 Å². The molecule has 3 heterocycles. The third-order valence-electron chi connectivity index (χ3n) is 4.76. The van der Waals surface area contributed by atoms with Crippen LogP contribution in [0.15, 0.2) is 23.2 Å². The Bertz CT molecular complexity index is 798. The number of alkyl halides is 3. The first kappa shape index (κ1) is 18.1. The molecule has 0 spiro atoms. The number of fused-ring (bicyclic) bond motifs is 1. The number of nitrogens with zero attached hydrogens (tertiary/aromatic N) is 2.